The van der Waals surface area contributed by atoms with Crippen LogP contribution in [-0.2, 0) is 12.8 Å². The van der Waals surface area contributed by atoms with Crippen LogP contribution in [0, 0.1) is 5.92 Å². The zero-order valence-electron chi connectivity index (χ0n) is 16.5. The summed E-state index contributed by atoms with van der Waals surface area (Å²) in [6.07, 6.45) is 8.02. The fraction of sp³-hybridized carbons (Fsp3) is 0.375. The van der Waals surface area contributed by atoms with Gasteiger partial charge in [-0.25, -0.2) is 9.97 Å². The lowest BCUT2D eigenvalue weighted by Crippen LogP contribution is -2.36. The molecule has 5 nitrogen and oxygen atoms in total. The maximum atomic E-state index is 12.6. The molecule has 1 fully saturated rings. The summed E-state index contributed by atoms with van der Waals surface area (Å²) in [6, 6.07) is 14.5. The SMILES string of the molecule is O=C1C[C@H](c2ccco2)Cc2nc(N3CCC(Cc4ccccc4)CC3)ncc21. The molecule has 0 radical (unpaired) electrons. The van der Waals surface area contributed by atoms with Crippen LogP contribution in [0.25, 0.3) is 0 Å². The number of rotatable bonds is 4. The van der Waals surface area contributed by atoms with Crippen molar-refractivity contribution in [2.45, 2.75) is 38.0 Å². The Labute approximate surface area is 170 Å². The Kier molecular flexibility index (Phi) is 4.88. The van der Waals surface area contributed by atoms with Gasteiger partial charge in [0.25, 0.3) is 0 Å². The number of ketones is 1. The standard InChI is InChI=1S/C24H25N3O2/c28-22-15-19(23-7-4-12-29-23)14-21-20(22)16-25-24(26-21)27-10-8-18(9-11-27)13-17-5-2-1-3-6-17/h1-7,12,16,18-19H,8-11,13-15H2/t19-/m1/s1. The maximum Gasteiger partial charge on any atom is 0.225 e. The molecule has 1 aromatic carbocycles. The minimum absolute atomic E-state index is 0.0735. The van der Waals surface area contributed by atoms with Gasteiger partial charge in [-0.3, -0.25) is 4.79 Å². The fourth-order valence-electron chi connectivity index (χ4n) is 4.60. The maximum absolute atomic E-state index is 12.6. The van der Waals surface area contributed by atoms with E-state index in [0.29, 0.717) is 17.9 Å². The molecule has 0 bridgehead atoms. The molecule has 0 spiro atoms. The summed E-state index contributed by atoms with van der Waals surface area (Å²) in [7, 11) is 0. The second-order valence-electron chi connectivity index (χ2n) is 8.19. The van der Waals surface area contributed by atoms with E-state index in [0.717, 1.165) is 56.2 Å². The van der Waals surface area contributed by atoms with E-state index < -0.39 is 0 Å². The number of fused-ring (bicyclic) bond motifs is 1. The number of hydrogen-bond donors (Lipinski definition) is 0. The first-order chi connectivity index (χ1) is 14.3. The van der Waals surface area contributed by atoms with Gasteiger partial charge in [0.2, 0.25) is 5.95 Å². The molecule has 148 valence electrons. The van der Waals surface area contributed by atoms with Gasteiger partial charge in [-0.05, 0) is 42.9 Å². The molecule has 3 aromatic rings. The summed E-state index contributed by atoms with van der Waals surface area (Å²) in [4.78, 5) is 24.2. The van der Waals surface area contributed by atoms with Crippen LogP contribution in [0.5, 0.6) is 0 Å². The molecule has 29 heavy (non-hydrogen) atoms. The van der Waals surface area contributed by atoms with Gasteiger partial charge in [0.1, 0.15) is 5.76 Å². The van der Waals surface area contributed by atoms with Crippen molar-refractivity contribution < 1.29 is 9.21 Å². The summed E-state index contributed by atoms with van der Waals surface area (Å²) in [5.74, 6) is 2.52. The Morgan fingerprint density at radius 1 is 1.03 bits per heavy atom. The van der Waals surface area contributed by atoms with Gasteiger partial charge in [0.05, 0.1) is 17.5 Å². The smallest absolute Gasteiger partial charge is 0.225 e. The number of benzene rings is 1. The average Bonchev–Trinajstić information content (AvgIpc) is 3.30. The highest BCUT2D eigenvalue weighted by Crippen LogP contribution is 2.33. The molecular weight excluding hydrogens is 362 g/mol. The Balaban J connectivity index is 1.27. The van der Waals surface area contributed by atoms with E-state index in [4.69, 9.17) is 9.40 Å². The molecule has 1 atom stereocenters. The van der Waals surface area contributed by atoms with Crippen molar-refractivity contribution in [3.8, 4) is 0 Å². The van der Waals surface area contributed by atoms with Crippen molar-refractivity contribution >= 4 is 11.7 Å². The zero-order chi connectivity index (χ0) is 19.6. The number of piperidine rings is 1. The van der Waals surface area contributed by atoms with Crippen molar-refractivity contribution in [3.63, 3.8) is 0 Å². The summed E-state index contributed by atoms with van der Waals surface area (Å²) < 4.78 is 5.54. The highest BCUT2D eigenvalue weighted by atomic mass is 16.3. The Hall–Kier alpha value is -2.95. The van der Waals surface area contributed by atoms with E-state index >= 15 is 0 Å². The fourth-order valence-corrected chi connectivity index (χ4v) is 4.60. The molecule has 5 rings (SSSR count). The summed E-state index contributed by atoms with van der Waals surface area (Å²) in [5.41, 5.74) is 2.95. The Morgan fingerprint density at radius 2 is 1.86 bits per heavy atom. The molecule has 0 unspecified atom stereocenters. The summed E-state index contributed by atoms with van der Waals surface area (Å²) in [6.45, 7) is 1.93. The molecule has 2 aliphatic rings. The number of nitrogens with zero attached hydrogens (tertiary/aromatic N) is 3. The summed E-state index contributed by atoms with van der Waals surface area (Å²) in [5, 5.41) is 0. The molecule has 0 amide bonds. The normalized spacial score (nSPS) is 19.9. The van der Waals surface area contributed by atoms with Gasteiger partial charge in [0.15, 0.2) is 5.78 Å². The zero-order valence-corrected chi connectivity index (χ0v) is 16.5. The molecule has 0 N–H and O–H groups in total. The third-order valence-electron chi connectivity index (χ3n) is 6.24. The largest absolute Gasteiger partial charge is 0.469 e. The van der Waals surface area contributed by atoms with Crippen LogP contribution in [0.3, 0.4) is 0 Å². The van der Waals surface area contributed by atoms with E-state index in [1.54, 1.807) is 12.5 Å². The molecule has 0 saturated carbocycles. The van der Waals surface area contributed by atoms with Crippen LogP contribution >= 0.6 is 0 Å². The first-order valence-corrected chi connectivity index (χ1v) is 10.5. The first-order valence-electron chi connectivity index (χ1n) is 10.5. The number of Topliss-reactive ketones (excluding diaryl/α,β-unsaturated/α-hetero) is 1. The van der Waals surface area contributed by atoms with Crippen molar-refractivity contribution in [2.24, 2.45) is 5.92 Å². The minimum atomic E-state index is 0.0735. The number of anilines is 1. The lowest BCUT2D eigenvalue weighted by atomic mass is 9.85. The van der Waals surface area contributed by atoms with Crippen LogP contribution in [0.1, 0.15) is 52.6 Å². The van der Waals surface area contributed by atoms with Gasteiger partial charge in [0, 0.05) is 38.0 Å². The Morgan fingerprint density at radius 3 is 2.62 bits per heavy atom. The van der Waals surface area contributed by atoms with E-state index in [9.17, 15) is 4.79 Å². The lowest BCUT2D eigenvalue weighted by Gasteiger charge is -2.32. The predicted molar refractivity (Wildman–Crippen MR) is 111 cm³/mol. The van der Waals surface area contributed by atoms with Crippen molar-refractivity contribution in [3.05, 3.63) is 77.5 Å². The lowest BCUT2D eigenvalue weighted by molar-refractivity contribution is 0.0958. The number of hydrogen-bond acceptors (Lipinski definition) is 5. The molecule has 5 heteroatoms. The number of aromatic nitrogens is 2. The predicted octanol–water partition coefficient (Wildman–Crippen LogP) is 4.44. The van der Waals surface area contributed by atoms with E-state index in [-0.39, 0.29) is 11.7 Å². The van der Waals surface area contributed by atoms with Crippen molar-refractivity contribution in [1.29, 1.82) is 0 Å². The average molecular weight is 387 g/mol. The Bertz CT molecular complexity index is 977. The molecule has 1 aliphatic heterocycles. The van der Waals surface area contributed by atoms with Gasteiger partial charge < -0.3 is 9.32 Å². The number of furan rings is 1. The van der Waals surface area contributed by atoms with Gasteiger partial charge in [-0.2, -0.15) is 0 Å². The highest BCUT2D eigenvalue weighted by molar-refractivity contribution is 5.98. The van der Waals surface area contributed by atoms with E-state index in [1.165, 1.54) is 5.56 Å². The van der Waals surface area contributed by atoms with Crippen LogP contribution in [-0.4, -0.2) is 28.8 Å². The van der Waals surface area contributed by atoms with E-state index in [1.807, 2.05) is 12.1 Å². The second kappa shape index (κ2) is 7.82. The van der Waals surface area contributed by atoms with Crippen LogP contribution < -0.4 is 4.90 Å². The molecule has 2 aromatic heterocycles. The molecule has 1 aliphatic carbocycles. The van der Waals surface area contributed by atoms with Gasteiger partial charge >= 0.3 is 0 Å². The molecule has 1 saturated heterocycles. The van der Waals surface area contributed by atoms with Crippen molar-refractivity contribution in [1.82, 2.24) is 9.97 Å². The van der Waals surface area contributed by atoms with E-state index in [2.05, 4.69) is 40.2 Å². The highest BCUT2D eigenvalue weighted by Gasteiger charge is 2.30. The molecule has 3 heterocycles. The van der Waals surface area contributed by atoms with Crippen molar-refractivity contribution in [2.75, 3.05) is 18.0 Å². The van der Waals surface area contributed by atoms with Crippen LogP contribution in [0.2, 0.25) is 0 Å². The minimum Gasteiger partial charge on any atom is -0.469 e. The third kappa shape index (κ3) is 3.82. The first kappa shape index (κ1) is 18.1. The molecular formula is C24H25N3O2. The van der Waals surface area contributed by atoms with Gasteiger partial charge in [-0.1, -0.05) is 30.3 Å². The van der Waals surface area contributed by atoms with Crippen LogP contribution in [0.15, 0.2) is 59.3 Å². The quantitative estimate of drug-likeness (QED) is 0.662. The van der Waals surface area contributed by atoms with Gasteiger partial charge in [-0.15, -0.1) is 0 Å². The monoisotopic (exact) mass is 387 g/mol. The topological polar surface area (TPSA) is 59.2 Å². The number of carbonyl (C=O) groups is 1. The number of carbonyl (C=O) groups excluding carboxylic acids is 1. The second-order valence-corrected chi connectivity index (χ2v) is 8.19. The third-order valence-corrected chi connectivity index (χ3v) is 6.24. The summed E-state index contributed by atoms with van der Waals surface area (Å²) >= 11 is 0. The van der Waals surface area contributed by atoms with Crippen LogP contribution in [0.4, 0.5) is 5.95 Å².